The van der Waals surface area contributed by atoms with Gasteiger partial charge in [0.2, 0.25) is 5.82 Å². The Labute approximate surface area is 151 Å². The molecule has 0 saturated carbocycles. The third kappa shape index (κ3) is 4.80. The molecule has 1 amide bonds. The zero-order valence-electron chi connectivity index (χ0n) is 13.0. The van der Waals surface area contributed by atoms with Gasteiger partial charge in [0.15, 0.2) is 13.2 Å². The number of nitrogens with zero attached hydrogens (tertiary/aromatic N) is 2. The molecule has 0 unspecified atom stereocenters. The molecule has 0 spiro atoms. The number of primary amides is 1. The van der Waals surface area contributed by atoms with Crippen LogP contribution in [-0.2, 0) is 11.4 Å². The van der Waals surface area contributed by atoms with E-state index < -0.39 is 5.91 Å². The van der Waals surface area contributed by atoms with Crippen molar-refractivity contribution < 1.29 is 18.8 Å². The van der Waals surface area contributed by atoms with Crippen molar-refractivity contribution in [3.63, 3.8) is 0 Å². The predicted octanol–water partition coefficient (Wildman–Crippen LogP) is 2.94. The van der Waals surface area contributed by atoms with Gasteiger partial charge in [-0.15, -0.1) is 0 Å². The summed E-state index contributed by atoms with van der Waals surface area (Å²) in [6, 6.07) is 14.4. The summed E-state index contributed by atoms with van der Waals surface area (Å²) in [5, 5.41) is 3.93. The molecule has 0 atom stereocenters. The molecule has 128 valence electrons. The lowest BCUT2D eigenvalue weighted by atomic mass is 10.2. The van der Waals surface area contributed by atoms with E-state index >= 15 is 0 Å². The van der Waals surface area contributed by atoms with Crippen molar-refractivity contribution in [3.05, 3.63) is 58.9 Å². The second kappa shape index (κ2) is 7.80. The Morgan fingerprint density at radius 2 is 1.68 bits per heavy atom. The molecule has 1 heterocycles. The van der Waals surface area contributed by atoms with Gasteiger partial charge in [0.1, 0.15) is 11.5 Å². The van der Waals surface area contributed by atoms with E-state index in [1.165, 1.54) is 0 Å². The summed E-state index contributed by atoms with van der Waals surface area (Å²) in [6.45, 7) is 0.00748. The van der Waals surface area contributed by atoms with Gasteiger partial charge in [-0.25, -0.2) is 0 Å². The van der Waals surface area contributed by atoms with Crippen molar-refractivity contribution in [1.29, 1.82) is 0 Å². The highest BCUT2D eigenvalue weighted by Gasteiger charge is 2.10. The number of carbonyl (C=O) groups excluding carboxylic acids is 1. The van der Waals surface area contributed by atoms with E-state index in [-0.39, 0.29) is 13.2 Å². The minimum absolute atomic E-state index is 0.168. The number of ether oxygens (including phenoxy) is 2. The highest BCUT2D eigenvalue weighted by Crippen LogP contribution is 2.21. The Morgan fingerprint density at radius 1 is 1.04 bits per heavy atom. The summed E-state index contributed by atoms with van der Waals surface area (Å²) >= 11 is 3.36. The van der Waals surface area contributed by atoms with Crippen LogP contribution in [0.2, 0.25) is 0 Å². The van der Waals surface area contributed by atoms with Gasteiger partial charge in [0, 0.05) is 10.0 Å². The molecule has 25 heavy (non-hydrogen) atoms. The monoisotopic (exact) mass is 403 g/mol. The summed E-state index contributed by atoms with van der Waals surface area (Å²) in [6.07, 6.45) is 0. The number of hydrogen-bond donors (Lipinski definition) is 1. The number of aromatic nitrogens is 2. The maximum Gasteiger partial charge on any atom is 0.264 e. The molecule has 0 aliphatic carbocycles. The fourth-order valence-corrected chi connectivity index (χ4v) is 2.23. The molecule has 1 aromatic heterocycles. The van der Waals surface area contributed by atoms with Crippen LogP contribution >= 0.6 is 15.9 Å². The van der Waals surface area contributed by atoms with E-state index in [0.29, 0.717) is 23.2 Å². The zero-order valence-corrected chi connectivity index (χ0v) is 14.6. The molecule has 2 N–H and O–H groups in total. The van der Waals surface area contributed by atoms with Crippen LogP contribution in [0.5, 0.6) is 11.5 Å². The minimum Gasteiger partial charge on any atom is -0.484 e. The highest BCUT2D eigenvalue weighted by atomic mass is 79.9. The normalized spacial score (nSPS) is 10.4. The number of hydrogen-bond acceptors (Lipinski definition) is 6. The van der Waals surface area contributed by atoms with Gasteiger partial charge in [-0.05, 0) is 48.5 Å². The summed E-state index contributed by atoms with van der Waals surface area (Å²) in [4.78, 5) is 15.0. The first kappa shape index (κ1) is 17.0. The Morgan fingerprint density at radius 3 is 2.36 bits per heavy atom. The van der Waals surface area contributed by atoms with E-state index in [4.69, 9.17) is 19.7 Å². The Bertz CT molecular complexity index is 847. The standard InChI is InChI=1S/C17H14BrN3O4/c18-12-3-7-14(8-4-12)24-10-16-20-17(21-25-16)11-1-5-13(6-2-11)23-9-15(19)22/h1-8H,9-10H2,(H2,19,22). The Hall–Kier alpha value is -2.87. The molecule has 2 aromatic carbocycles. The molecule has 0 aliphatic heterocycles. The van der Waals surface area contributed by atoms with Crippen LogP contribution < -0.4 is 15.2 Å². The van der Waals surface area contributed by atoms with Gasteiger partial charge >= 0.3 is 0 Å². The second-order valence-corrected chi connectivity index (χ2v) is 5.95. The third-order valence-corrected chi connectivity index (χ3v) is 3.67. The quantitative estimate of drug-likeness (QED) is 0.650. The first-order valence-electron chi connectivity index (χ1n) is 7.32. The number of nitrogens with two attached hydrogens (primary N) is 1. The molecule has 7 nitrogen and oxygen atoms in total. The molecular weight excluding hydrogens is 390 g/mol. The van der Waals surface area contributed by atoms with Crippen LogP contribution in [0.1, 0.15) is 5.89 Å². The number of rotatable bonds is 7. The number of halogens is 1. The maximum absolute atomic E-state index is 10.7. The van der Waals surface area contributed by atoms with Crippen molar-refractivity contribution in [2.24, 2.45) is 5.73 Å². The first-order valence-corrected chi connectivity index (χ1v) is 8.12. The van der Waals surface area contributed by atoms with Gasteiger partial charge in [-0.2, -0.15) is 4.98 Å². The molecule has 0 radical (unpaired) electrons. The van der Waals surface area contributed by atoms with E-state index in [9.17, 15) is 4.79 Å². The smallest absolute Gasteiger partial charge is 0.264 e. The van der Waals surface area contributed by atoms with Crippen molar-refractivity contribution in [2.45, 2.75) is 6.61 Å². The number of carbonyl (C=O) groups is 1. The van der Waals surface area contributed by atoms with Gasteiger partial charge < -0.3 is 19.7 Å². The molecule has 3 aromatic rings. The summed E-state index contributed by atoms with van der Waals surface area (Å²) in [5.74, 6) is 1.52. The number of benzene rings is 2. The molecule has 8 heteroatoms. The van der Waals surface area contributed by atoms with Crippen molar-refractivity contribution >= 4 is 21.8 Å². The molecular formula is C17H14BrN3O4. The van der Waals surface area contributed by atoms with Crippen molar-refractivity contribution in [1.82, 2.24) is 10.1 Å². The summed E-state index contributed by atoms with van der Waals surface area (Å²) in [5.41, 5.74) is 5.79. The fourth-order valence-electron chi connectivity index (χ4n) is 1.96. The van der Waals surface area contributed by atoms with Gasteiger partial charge in [-0.1, -0.05) is 21.1 Å². The van der Waals surface area contributed by atoms with Crippen LogP contribution in [0.3, 0.4) is 0 Å². The average molecular weight is 404 g/mol. The third-order valence-electron chi connectivity index (χ3n) is 3.14. The van der Waals surface area contributed by atoms with Crippen LogP contribution in [-0.4, -0.2) is 22.7 Å². The van der Waals surface area contributed by atoms with Crippen LogP contribution in [0.4, 0.5) is 0 Å². The lowest BCUT2D eigenvalue weighted by Gasteiger charge is -2.03. The van der Waals surface area contributed by atoms with Crippen LogP contribution in [0, 0.1) is 0 Å². The fraction of sp³-hybridized carbons (Fsp3) is 0.118. The summed E-state index contributed by atoms with van der Waals surface area (Å²) < 4.78 is 16.9. The van der Waals surface area contributed by atoms with E-state index in [1.807, 2.05) is 24.3 Å². The zero-order chi connectivity index (χ0) is 17.6. The predicted molar refractivity (Wildman–Crippen MR) is 92.9 cm³/mol. The molecule has 0 saturated heterocycles. The Balaban J connectivity index is 1.60. The largest absolute Gasteiger partial charge is 0.484 e. The summed E-state index contributed by atoms with van der Waals surface area (Å²) in [7, 11) is 0. The molecule has 0 fully saturated rings. The minimum atomic E-state index is -0.530. The van der Waals surface area contributed by atoms with Gasteiger partial charge in [0.25, 0.3) is 11.8 Å². The first-order chi connectivity index (χ1) is 12.1. The van der Waals surface area contributed by atoms with Crippen molar-refractivity contribution in [3.8, 4) is 22.9 Å². The second-order valence-electron chi connectivity index (χ2n) is 5.03. The van der Waals surface area contributed by atoms with Gasteiger partial charge in [0.05, 0.1) is 0 Å². The average Bonchev–Trinajstić information content (AvgIpc) is 3.09. The molecule has 0 aliphatic rings. The maximum atomic E-state index is 10.7. The van der Waals surface area contributed by atoms with Crippen molar-refractivity contribution in [2.75, 3.05) is 6.61 Å². The SMILES string of the molecule is NC(=O)COc1ccc(-c2noc(COc3ccc(Br)cc3)n2)cc1. The van der Waals surface area contributed by atoms with E-state index in [0.717, 1.165) is 10.0 Å². The van der Waals surface area contributed by atoms with E-state index in [1.54, 1.807) is 24.3 Å². The van der Waals surface area contributed by atoms with Gasteiger partial charge in [-0.3, -0.25) is 4.79 Å². The highest BCUT2D eigenvalue weighted by molar-refractivity contribution is 9.10. The lowest BCUT2D eigenvalue weighted by molar-refractivity contribution is -0.119. The molecule has 3 rings (SSSR count). The van der Waals surface area contributed by atoms with Crippen LogP contribution in [0.25, 0.3) is 11.4 Å². The van der Waals surface area contributed by atoms with Crippen LogP contribution in [0.15, 0.2) is 57.5 Å². The Kier molecular flexibility index (Phi) is 5.30. The lowest BCUT2D eigenvalue weighted by Crippen LogP contribution is -2.19. The van der Waals surface area contributed by atoms with E-state index in [2.05, 4.69) is 26.1 Å². The molecule has 0 bridgehead atoms. The number of amides is 1. The topological polar surface area (TPSA) is 100 Å².